The average molecular weight is 395 g/mol. The summed E-state index contributed by atoms with van der Waals surface area (Å²) in [6, 6.07) is 14.1. The first-order chi connectivity index (χ1) is 14.0. The van der Waals surface area contributed by atoms with Crippen molar-refractivity contribution in [3.8, 4) is 5.75 Å². The number of amides is 1. The molecule has 3 aromatic rings. The van der Waals surface area contributed by atoms with Gasteiger partial charge >= 0.3 is 5.97 Å². The van der Waals surface area contributed by atoms with E-state index in [4.69, 9.17) is 13.9 Å². The van der Waals surface area contributed by atoms with Crippen LogP contribution < -0.4 is 9.64 Å². The summed E-state index contributed by atoms with van der Waals surface area (Å²) in [6.45, 7) is 0.624. The monoisotopic (exact) mass is 395 g/mol. The number of carbonyl (C=O) groups is 2. The summed E-state index contributed by atoms with van der Waals surface area (Å²) in [7, 11) is 1.33. The first kappa shape index (κ1) is 18.7. The Morgan fingerprint density at radius 1 is 1.10 bits per heavy atom. The van der Waals surface area contributed by atoms with Gasteiger partial charge in [-0.3, -0.25) is 4.79 Å². The third-order valence-corrected chi connectivity index (χ3v) is 4.71. The molecule has 0 radical (unpaired) electrons. The van der Waals surface area contributed by atoms with Gasteiger partial charge in [-0.1, -0.05) is 0 Å². The van der Waals surface area contributed by atoms with Crippen LogP contribution >= 0.6 is 0 Å². The largest absolute Gasteiger partial charge is 0.486 e. The Morgan fingerprint density at radius 3 is 2.66 bits per heavy atom. The van der Waals surface area contributed by atoms with E-state index in [1.807, 2.05) is 0 Å². The van der Waals surface area contributed by atoms with Crippen LogP contribution in [0.1, 0.15) is 32.2 Å². The molecule has 29 heavy (non-hydrogen) atoms. The Hall–Kier alpha value is -3.61. The predicted molar refractivity (Wildman–Crippen MR) is 103 cm³/mol. The number of hydrogen-bond donors (Lipinski definition) is 0. The minimum Gasteiger partial charge on any atom is -0.486 e. The fourth-order valence-corrected chi connectivity index (χ4v) is 3.25. The molecule has 2 heterocycles. The van der Waals surface area contributed by atoms with Crippen LogP contribution in [-0.4, -0.2) is 25.5 Å². The summed E-state index contributed by atoms with van der Waals surface area (Å²) in [5.74, 6) is 0.182. The van der Waals surface area contributed by atoms with Crippen molar-refractivity contribution in [2.45, 2.75) is 13.0 Å². The number of nitrogens with zero attached hydrogens (tertiary/aromatic N) is 1. The summed E-state index contributed by atoms with van der Waals surface area (Å²) in [5.41, 5.74) is 2.12. The van der Waals surface area contributed by atoms with Crippen molar-refractivity contribution in [1.29, 1.82) is 0 Å². The number of carbonyl (C=O) groups excluding carboxylic acids is 2. The molecular formula is C22H18FNO5. The number of benzene rings is 2. The van der Waals surface area contributed by atoms with E-state index in [0.717, 1.165) is 11.3 Å². The number of methoxy groups -OCH3 is 1. The van der Waals surface area contributed by atoms with E-state index in [2.05, 4.69) is 0 Å². The van der Waals surface area contributed by atoms with Crippen molar-refractivity contribution in [1.82, 2.24) is 0 Å². The second-order valence-corrected chi connectivity index (χ2v) is 6.55. The molecule has 1 aromatic heterocycles. The highest BCUT2D eigenvalue weighted by molar-refractivity contribution is 6.06. The van der Waals surface area contributed by atoms with Gasteiger partial charge in [0.2, 0.25) is 0 Å². The van der Waals surface area contributed by atoms with Crippen LogP contribution in [0, 0.1) is 5.82 Å². The Bertz CT molecular complexity index is 1060. The van der Waals surface area contributed by atoms with Crippen LogP contribution in [-0.2, 0) is 17.8 Å². The maximum atomic E-state index is 12.9. The zero-order valence-electron chi connectivity index (χ0n) is 15.7. The summed E-state index contributed by atoms with van der Waals surface area (Å²) >= 11 is 0. The first-order valence-corrected chi connectivity index (χ1v) is 9.05. The van der Waals surface area contributed by atoms with E-state index >= 15 is 0 Å². The molecule has 148 valence electrons. The summed E-state index contributed by atoms with van der Waals surface area (Å²) in [6.07, 6.45) is 0.646. The second kappa shape index (κ2) is 7.79. The molecular weight excluding hydrogens is 377 g/mol. The van der Waals surface area contributed by atoms with E-state index < -0.39 is 5.97 Å². The van der Waals surface area contributed by atoms with Crippen LogP contribution in [0.5, 0.6) is 5.75 Å². The highest BCUT2D eigenvalue weighted by Crippen LogP contribution is 2.30. The average Bonchev–Trinajstić information content (AvgIpc) is 3.39. The number of furan rings is 1. The Kier molecular flexibility index (Phi) is 5.03. The van der Waals surface area contributed by atoms with Crippen molar-refractivity contribution >= 4 is 17.6 Å². The maximum Gasteiger partial charge on any atom is 0.337 e. The molecule has 0 saturated carbocycles. The number of rotatable bonds is 5. The normalized spacial score (nSPS) is 12.6. The number of anilines is 1. The standard InChI is InChI=1S/C22H18FNO5/c1-27-22(26)15-2-8-19-14(12-15)10-11-24(19)21(25)20-9-7-18(29-20)13-28-17-5-3-16(23)4-6-17/h2-9,12H,10-11,13H2,1H3. The van der Waals surface area contributed by atoms with E-state index in [-0.39, 0.29) is 24.1 Å². The van der Waals surface area contributed by atoms with Gasteiger partial charge in [0, 0.05) is 12.2 Å². The van der Waals surface area contributed by atoms with Crippen LogP contribution in [0.2, 0.25) is 0 Å². The maximum absolute atomic E-state index is 12.9. The molecule has 0 spiro atoms. The molecule has 1 amide bonds. The van der Waals surface area contributed by atoms with E-state index in [9.17, 15) is 14.0 Å². The molecule has 6 nitrogen and oxygen atoms in total. The lowest BCUT2D eigenvalue weighted by Gasteiger charge is -2.16. The molecule has 0 N–H and O–H groups in total. The van der Waals surface area contributed by atoms with Gasteiger partial charge in [0.1, 0.15) is 23.9 Å². The Labute approximate surface area is 166 Å². The molecule has 0 unspecified atom stereocenters. The number of ether oxygens (including phenoxy) is 2. The van der Waals surface area contributed by atoms with Crippen LogP contribution in [0.25, 0.3) is 0 Å². The van der Waals surface area contributed by atoms with Gasteiger partial charge < -0.3 is 18.8 Å². The zero-order chi connectivity index (χ0) is 20.4. The Morgan fingerprint density at radius 2 is 1.90 bits per heavy atom. The van der Waals surface area contributed by atoms with Gasteiger partial charge in [0.05, 0.1) is 12.7 Å². The first-order valence-electron chi connectivity index (χ1n) is 9.05. The van der Waals surface area contributed by atoms with Crippen molar-refractivity contribution in [2.75, 3.05) is 18.6 Å². The summed E-state index contributed by atoms with van der Waals surface area (Å²) in [4.78, 5) is 26.2. The highest BCUT2D eigenvalue weighted by atomic mass is 19.1. The second-order valence-electron chi connectivity index (χ2n) is 6.55. The van der Waals surface area contributed by atoms with Gasteiger partial charge in [-0.15, -0.1) is 0 Å². The quantitative estimate of drug-likeness (QED) is 0.611. The molecule has 7 heteroatoms. The Balaban J connectivity index is 1.45. The topological polar surface area (TPSA) is 69.0 Å². The fourth-order valence-electron chi connectivity index (χ4n) is 3.25. The van der Waals surface area contributed by atoms with E-state index in [1.54, 1.807) is 35.2 Å². The predicted octanol–water partition coefficient (Wildman–Crippen LogP) is 3.99. The molecule has 0 atom stereocenters. The molecule has 0 saturated heterocycles. The summed E-state index contributed by atoms with van der Waals surface area (Å²) in [5, 5.41) is 0. The molecule has 4 rings (SSSR count). The van der Waals surface area contributed by atoms with Crippen molar-refractivity contribution < 1.29 is 27.9 Å². The van der Waals surface area contributed by atoms with E-state index in [1.165, 1.54) is 31.4 Å². The number of hydrogen-bond acceptors (Lipinski definition) is 5. The number of halogens is 1. The smallest absolute Gasteiger partial charge is 0.337 e. The lowest BCUT2D eigenvalue weighted by atomic mass is 10.1. The molecule has 0 aliphatic carbocycles. The molecule has 0 bridgehead atoms. The molecule has 1 aliphatic heterocycles. The third-order valence-electron chi connectivity index (χ3n) is 4.71. The third kappa shape index (κ3) is 3.85. The van der Waals surface area contributed by atoms with Gasteiger partial charge in [-0.05, 0) is 66.6 Å². The van der Waals surface area contributed by atoms with Crippen molar-refractivity contribution in [2.24, 2.45) is 0 Å². The van der Waals surface area contributed by atoms with Gasteiger partial charge in [-0.25, -0.2) is 9.18 Å². The van der Waals surface area contributed by atoms with Gasteiger partial charge in [0.15, 0.2) is 5.76 Å². The number of fused-ring (bicyclic) bond motifs is 1. The SMILES string of the molecule is COC(=O)c1ccc2c(c1)CCN2C(=O)c1ccc(COc2ccc(F)cc2)o1. The van der Waals surface area contributed by atoms with Crippen molar-refractivity contribution in [3.63, 3.8) is 0 Å². The molecule has 1 aliphatic rings. The molecule has 0 fully saturated rings. The number of esters is 1. The van der Waals surface area contributed by atoms with E-state index in [0.29, 0.717) is 30.0 Å². The van der Waals surface area contributed by atoms with Crippen LogP contribution in [0.3, 0.4) is 0 Å². The van der Waals surface area contributed by atoms with Crippen LogP contribution in [0.4, 0.5) is 10.1 Å². The minimum atomic E-state index is -0.408. The van der Waals surface area contributed by atoms with Gasteiger partial charge in [0.25, 0.3) is 5.91 Å². The fraction of sp³-hybridized carbons (Fsp3) is 0.182. The lowest BCUT2D eigenvalue weighted by Crippen LogP contribution is -2.28. The minimum absolute atomic E-state index is 0.123. The highest BCUT2D eigenvalue weighted by Gasteiger charge is 2.28. The molecule has 2 aromatic carbocycles. The lowest BCUT2D eigenvalue weighted by molar-refractivity contribution is 0.0600. The van der Waals surface area contributed by atoms with Crippen LogP contribution in [0.15, 0.2) is 59.0 Å². The van der Waals surface area contributed by atoms with Crippen molar-refractivity contribution in [3.05, 3.63) is 83.1 Å². The van der Waals surface area contributed by atoms with Gasteiger partial charge in [-0.2, -0.15) is 0 Å². The zero-order valence-corrected chi connectivity index (χ0v) is 15.7. The summed E-state index contributed by atoms with van der Waals surface area (Å²) < 4.78 is 28.8.